The van der Waals surface area contributed by atoms with E-state index in [1.165, 1.54) is 0 Å². The molecule has 0 aromatic carbocycles. The fourth-order valence-corrected chi connectivity index (χ4v) is 1.49. The lowest BCUT2D eigenvalue weighted by molar-refractivity contribution is -0.119. The minimum atomic E-state index is -0.297. The minimum Gasteiger partial charge on any atom is -0.382 e. The zero-order valence-corrected chi connectivity index (χ0v) is 11.7. The van der Waals surface area contributed by atoms with Crippen molar-refractivity contribution in [2.24, 2.45) is 26.3 Å². The molecule has 1 amide bonds. The Morgan fingerprint density at radius 1 is 1.55 bits per heavy atom. The molecule has 0 radical (unpaired) electrons. The second kappa shape index (κ2) is 8.64. The highest BCUT2D eigenvalue weighted by atomic mass is 32.2. The number of nitrogens with two attached hydrogens (primary N) is 2. The lowest BCUT2D eigenvalue weighted by Crippen LogP contribution is -2.30. The van der Waals surface area contributed by atoms with Gasteiger partial charge in [0.05, 0.1) is 18.4 Å². The van der Waals surface area contributed by atoms with Crippen LogP contribution in [0.3, 0.4) is 0 Å². The van der Waals surface area contributed by atoms with Gasteiger partial charge in [-0.05, 0) is 25.1 Å². The van der Waals surface area contributed by atoms with Crippen LogP contribution in [0.1, 0.15) is 12.6 Å². The largest absolute Gasteiger partial charge is 0.382 e. The number of nitrogens with zero attached hydrogens (tertiary/aromatic N) is 4. The Kier molecular flexibility index (Phi) is 6.76. The van der Waals surface area contributed by atoms with Gasteiger partial charge in [-0.1, -0.05) is 6.07 Å². The van der Waals surface area contributed by atoms with E-state index in [-0.39, 0.29) is 23.3 Å². The summed E-state index contributed by atoms with van der Waals surface area (Å²) < 4.78 is 3.68. The second-order valence-corrected chi connectivity index (χ2v) is 4.20. The number of aromatic nitrogens is 1. The van der Waals surface area contributed by atoms with E-state index in [1.54, 1.807) is 37.4 Å². The summed E-state index contributed by atoms with van der Waals surface area (Å²) in [6.45, 7) is 1.73. The van der Waals surface area contributed by atoms with Gasteiger partial charge in [0.25, 0.3) is 0 Å². The number of nitrogens with one attached hydrogen (secondary N) is 1. The number of hydrazone groups is 1. The van der Waals surface area contributed by atoms with Crippen LogP contribution in [0.5, 0.6) is 0 Å². The van der Waals surface area contributed by atoms with E-state index in [4.69, 9.17) is 11.6 Å². The molecule has 0 saturated heterocycles. The molecule has 0 atom stereocenters. The molecule has 1 aromatic rings. The van der Waals surface area contributed by atoms with Crippen LogP contribution in [0.15, 0.2) is 51.0 Å². The molecule has 0 spiro atoms. The molecular formula is C11H15N7OS. The van der Waals surface area contributed by atoms with Crippen LogP contribution in [0, 0.1) is 0 Å². The minimum absolute atomic E-state index is 0.120. The quantitative estimate of drug-likeness (QED) is 0.189. The van der Waals surface area contributed by atoms with E-state index < -0.39 is 0 Å². The SMILES string of the molecule is C/C=C(/N)N=NS/C(=N\N)NC(=O)Cc1ccccn1. The predicted octanol–water partition coefficient (Wildman–Crippen LogP) is 0.890. The summed E-state index contributed by atoms with van der Waals surface area (Å²) in [7, 11) is 0. The molecule has 8 nitrogen and oxygen atoms in total. The Bertz CT molecular complexity index is 527. The van der Waals surface area contributed by atoms with Crippen molar-refractivity contribution in [1.82, 2.24) is 10.3 Å². The number of amidine groups is 1. The van der Waals surface area contributed by atoms with Gasteiger partial charge in [-0.3, -0.25) is 9.78 Å². The maximum atomic E-state index is 11.7. The Labute approximate surface area is 120 Å². The van der Waals surface area contributed by atoms with E-state index in [1.807, 2.05) is 0 Å². The van der Waals surface area contributed by atoms with Gasteiger partial charge in [0.1, 0.15) is 5.82 Å². The Hall–Kier alpha value is -2.42. The number of amides is 1. The fourth-order valence-electron chi connectivity index (χ4n) is 1.07. The number of carbonyl (C=O) groups excluding carboxylic acids is 1. The monoisotopic (exact) mass is 293 g/mol. The summed E-state index contributed by atoms with van der Waals surface area (Å²) in [6.07, 6.45) is 3.32. The van der Waals surface area contributed by atoms with Gasteiger partial charge in [0.2, 0.25) is 11.1 Å². The third kappa shape index (κ3) is 5.96. The first-order valence-electron chi connectivity index (χ1n) is 5.63. The zero-order valence-electron chi connectivity index (χ0n) is 10.9. The molecule has 0 aliphatic rings. The summed E-state index contributed by atoms with van der Waals surface area (Å²) >= 11 is 0.814. The van der Waals surface area contributed by atoms with Crippen LogP contribution in [0.25, 0.3) is 0 Å². The van der Waals surface area contributed by atoms with Gasteiger partial charge in [-0.2, -0.15) is 5.10 Å². The topological polar surface area (TPSA) is 131 Å². The highest BCUT2D eigenvalue weighted by Crippen LogP contribution is 2.06. The Morgan fingerprint density at radius 2 is 2.35 bits per heavy atom. The van der Waals surface area contributed by atoms with Crippen LogP contribution in [-0.2, 0) is 11.2 Å². The van der Waals surface area contributed by atoms with Gasteiger partial charge >= 0.3 is 0 Å². The third-order valence-electron chi connectivity index (χ3n) is 2.01. The first-order chi connectivity index (χ1) is 9.65. The molecule has 1 rings (SSSR count). The summed E-state index contributed by atoms with van der Waals surface area (Å²) in [5.41, 5.74) is 6.07. The second-order valence-electron chi connectivity index (χ2n) is 3.47. The third-order valence-corrected chi connectivity index (χ3v) is 2.55. The molecule has 0 bridgehead atoms. The predicted molar refractivity (Wildman–Crippen MR) is 78.1 cm³/mol. The molecule has 20 heavy (non-hydrogen) atoms. The van der Waals surface area contributed by atoms with E-state index >= 15 is 0 Å². The smallest absolute Gasteiger partial charge is 0.232 e. The summed E-state index contributed by atoms with van der Waals surface area (Å²) in [4.78, 5) is 15.8. The standard InChI is InChI=1S/C11H15N7OS/c1-2-9(12)17-18-20-11(16-13)15-10(19)7-8-5-3-4-6-14-8/h2-6H,7,12-13H2,1H3,(H,15,16,19)/b9-2-,18-17?. The van der Waals surface area contributed by atoms with Crippen LogP contribution < -0.4 is 16.9 Å². The molecule has 0 aliphatic heterocycles. The first-order valence-corrected chi connectivity index (χ1v) is 6.40. The van der Waals surface area contributed by atoms with E-state index in [2.05, 4.69) is 25.0 Å². The molecule has 106 valence electrons. The summed E-state index contributed by atoms with van der Waals surface area (Å²) in [6, 6.07) is 5.32. The van der Waals surface area contributed by atoms with Crippen LogP contribution in [0.2, 0.25) is 0 Å². The van der Waals surface area contributed by atoms with Crippen molar-refractivity contribution in [3.05, 3.63) is 42.0 Å². The molecule has 0 unspecified atom stereocenters. The molecule has 1 heterocycles. The van der Waals surface area contributed by atoms with Crippen LogP contribution in [0.4, 0.5) is 0 Å². The molecular weight excluding hydrogens is 278 g/mol. The van der Waals surface area contributed by atoms with Gasteiger partial charge in [0.15, 0.2) is 0 Å². The average Bonchev–Trinajstić information content (AvgIpc) is 2.46. The van der Waals surface area contributed by atoms with Gasteiger partial charge in [0, 0.05) is 11.9 Å². The molecule has 0 aliphatic carbocycles. The molecule has 0 saturated carbocycles. The van der Waals surface area contributed by atoms with E-state index in [0.717, 1.165) is 11.9 Å². The normalized spacial score (nSPS) is 12.7. The molecule has 0 fully saturated rings. The van der Waals surface area contributed by atoms with Crippen molar-refractivity contribution in [3.63, 3.8) is 0 Å². The number of allylic oxidation sites excluding steroid dienone is 1. The van der Waals surface area contributed by atoms with Crippen molar-refractivity contribution in [2.45, 2.75) is 13.3 Å². The fraction of sp³-hybridized carbons (Fsp3) is 0.182. The maximum absolute atomic E-state index is 11.7. The van der Waals surface area contributed by atoms with Gasteiger partial charge in [-0.25, -0.2) is 0 Å². The molecule has 1 aromatic heterocycles. The number of rotatable bonds is 4. The van der Waals surface area contributed by atoms with Crippen LogP contribution in [-0.4, -0.2) is 16.1 Å². The molecule has 9 heteroatoms. The average molecular weight is 293 g/mol. The van der Waals surface area contributed by atoms with E-state index in [9.17, 15) is 4.79 Å². The number of hydrogen-bond acceptors (Lipinski definition) is 8. The van der Waals surface area contributed by atoms with Crippen LogP contribution >= 0.6 is 11.9 Å². The Morgan fingerprint density at radius 3 is 2.95 bits per heavy atom. The highest BCUT2D eigenvalue weighted by molar-refractivity contribution is 8.12. The van der Waals surface area contributed by atoms with Gasteiger partial charge < -0.3 is 16.9 Å². The van der Waals surface area contributed by atoms with Crippen molar-refractivity contribution < 1.29 is 4.79 Å². The lowest BCUT2D eigenvalue weighted by Gasteiger charge is -2.03. The van der Waals surface area contributed by atoms with Crippen molar-refractivity contribution in [3.8, 4) is 0 Å². The number of carbonyl (C=O) groups is 1. The first kappa shape index (κ1) is 15.6. The summed E-state index contributed by atoms with van der Waals surface area (Å²) in [5.74, 6) is 5.11. The summed E-state index contributed by atoms with van der Waals surface area (Å²) in [5, 5.41) is 9.68. The van der Waals surface area contributed by atoms with Crippen molar-refractivity contribution in [2.75, 3.05) is 0 Å². The number of hydrogen-bond donors (Lipinski definition) is 3. The number of pyridine rings is 1. The maximum Gasteiger partial charge on any atom is 0.232 e. The van der Waals surface area contributed by atoms with Crippen molar-refractivity contribution in [1.29, 1.82) is 0 Å². The zero-order chi connectivity index (χ0) is 14.8. The van der Waals surface area contributed by atoms with Crippen molar-refractivity contribution >= 4 is 23.0 Å². The van der Waals surface area contributed by atoms with E-state index in [0.29, 0.717) is 5.69 Å². The lowest BCUT2D eigenvalue weighted by atomic mass is 10.2. The van der Waals surface area contributed by atoms with Gasteiger partial charge in [-0.15, -0.1) is 9.63 Å². The highest BCUT2D eigenvalue weighted by Gasteiger charge is 2.08. The molecule has 5 N–H and O–H groups in total. The Balaban J connectivity index is 2.48.